The molecule has 0 aliphatic carbocycles. The van der Waals surface area contributed by atoms with Gasteiger partial charge in [-0.2, -0.15) is 0 Å². The molecule has 1 atom stereocenters. The molecule has 0 spiro atoms. The predicted molar refractivity (Wildman–Crippen MR) is 124 cm³/mol. The lowest BCUT2D eigenvalue weighted by Crippen LogP contribution is -2.49. The van der Waals surface area contributed by atoms with Crippen LogP contribution in [0.1, 0.15) is 48.3 Å². The van der Waals surface area contributed by atoms with Gasteiger partial charge in [-0.25, -0.2) is 9.97 Å². The Morgan fingerprint density at radius 1 is 1.06 bits per heavy atom. The third-order valence-electron chi connectivity index (χ3n) is 6.27. The maximum atomic E-state index is 13.5. The minimum absolute atomic E-state index is 0.0225. The molecule has 166 valence electrons. The summed E-state index contributed by atoms with van der Waals surface area (Å²) < 4.78 is 0. The van der Waals surface area contributed by atoms with Gasteiger partial charge in [-0.15, -0.1) is 0 Å². The number of anilines is 1. The number of phenolic OH excluding ortho intramolecular Hbond substituents is 1. The van der Waals surface area contributed by atoms with E-state index in [-0.39, 0.29) is 11.7 Å². The highest BCUT2D eigenvalue weighted by Gasteiger charge is 2.43. The summed E-state index contributed by atoms with van der Waals surface area (Å²) in [4.78, 5) is 31.1. The van der Waals surface area contributed by atoms with E-state index in [2.05, 4.69) is 14.9 Å². The van der Waals surface area contributed by atoms with E-state index in [4.69, 9.17) is 4.98 Å². The van der Waals surface area contributed by atoms with E-state index in [1.807, 2.05) is 43.0 Å². The molecule has 2 aromatic heterocycles. The molecule has 4 rings (SSSR count). The number of aromatic nitrogens is 3. The van der Waals surface area contributed by atoms with Crippen LogP contribution in [0.25, 0.3) is 0 Å². The lowest BCUT2D eigenvalue weighted by atomic mass is 9.70. The van der Waals surface area contributed by atoms with Crippen LogP contribution in [0.3, 0.4) is 0 Å². The minimum Gasteiger partial charge on any atom is -0.508 e. The summed E-state index contributed by atoms with van der Waals surface area (Å²) in [5.74, 6) is 0.831. The smallest absolute Gasteiger partial charge is 0.255 e. The second-order valence-electron chi connectivity index (χ2n) is 8.08. The zero-order valence-corrected chi connectivity index (χ0v) is 18.6. The molecule has 3 heterocycles. The fourth-order valence-electron chi connectivity index (χ4n) is 4.69. The molecule has 0 saturated carbocycles. The molecule has 1 aliphatic rings. The maximum absolute atomic E-state index is 13.5. The van der Waals surface area contributed by atoms with Gasteiger partial charge in [-0.3, -0.25) is 9.78 Å². The highest BCUT2D eigenvalue weighted by molar-refractivity contribution is 5.96. The van der Waals surface area contributed by atoms with Gasteiger partial charge in [0.05, 0.1) is 16.7 Å². The Labute approximate surface area is 188 Å². The first-order valence-corrected chi connectivity index (χ1v) is 11.1. The van der Waals surface area contributed by atoms with E-state index in [0.717, 1.165) is 30.6 Å². The Kier molecular flexibility index (Phi) is 6.35. The summed E-state index contributed by atoms with van der Waals surface area (Å²) in [5.41, 5.74) is 1.69. The molecule has 1 N–H and O–H groups in total. The second kappa shape index (κ2) is 9.34. The predicted octanol–water partition coefficient (Wildman–Crippen LogP) is 3.65. The van der Waals surface area contributed by atoms with Gasteiger partial charge in [0.15, 0.2) is 0 Å². The first-order valence-electron chi connectivity index (χ1n) is 11.1. The summed E-state index contributed by atoms with van der Waals surface area (Å²) in [6.07, 6.45) is 6.90. The van der Waals surface area contributed by atoms with Gasteiger partial charge < -0.3 is 14.9 Å². The summed E-state index contributed by atoms with van der Waals surface area (Å²) in [6.45, 7) is 6.61. The van der Waals surface area contributed by atoms with Crippen LogP contribution in [-0.4, -0.2) is 57.0 Å². The Morgan fingerprint density at radius 3 is 2.53 bits per heavy atom. The van der Waals surface area contributed by atoms with Crippen molar-refractivity contribution in [3.63, 3.8) is 0 Å². The molecule has 7 heteroatoms. The minimum atomic E-state index is -0.588. The van der Waals surface area contributed by atoms with Gasteiger partial charge in [0.1, 0.15) is 5.75 Å². The van der Waals surface area contributed by atoms with Crippen LogP contribution in [0.5, 0.6) is 5.75 Å². The fraction of sp³-hybridized carbons (Fsp3) is 0.360. The second-order valence-corrected chi connectivity index (χ2v) is 8.08. The first-order chi connectivity index (χ1) is 15.6. The molecule has 32 heavy (non-hydrogen) atoms. The lowest BCUT2D eigenvalue weighted by molar-refractivity contribution is 0.0769. The standard InChI is InChI=1S/C25H29N5O2/c1-3-29(4-2)23(32)21-11-6-13-26-22(21)25(19-9-5-10-20(31)17-19)12-7-16-30(18-25)24-27-14-8-15-28-24/h5-6,8-11,13-15,17,31H,3-4,7,12,16,18H2,1-2H3. The number of phenols is 1. The summed E-state index contributed by atoms with van der Waals surface area (Å²) in [7, 11) is 0. The van der Waals surface area contributed by atoms with Gasteiger partial charge in [0, 0.05) is 44.8 Å². The van der Waals surface area contributed by atoms with Gasteiger partial charge in [0.2, 0.25) is 5.95 Å². The van der Waals surface area contributed by atoms with Crippen molar-refractivity contribution in [1.29, 1.82) is 0 Å². The summed E-state index contributed by atoms with van der Waals surface area (Å²) in [6, 6.07) is 12.8. The van der Waals surface area contributed by atoms with E-state index < -0.39 is 5.41 Å². The molecule has 1 fully saturated rings. The van der Waals surface area contributed by atoms with E-state index in [9.17, 15) is 9.90 Å². The lowest BCUT2D eigenvalue weighted by Gasteiger charge is -2.43. The van der Waals surface area contributed by atoms with Crippen LogP contribution >= 0.6 is 0 Å². The third kappa shape index (κ3) is 4.02. The Balaban J connectivity index is 1.88. The molecule has 1 amide bonds. The molecule has 1 aliphatic heterocycles. The van der Waals surface area contributed by atoms with E-state index in [1.165, 1.54) is 0 Å². The Bertz CT molecular complexity index is 1070. The number of piperidine rings is 1. The topological polar surface area (TPSA) is 82.5 Å². The molecule has 1 saturated heterocycles. The number of benzene rings is 1. The van der Waals surface area contributed by atoms with Gasteiger partial charge in [-0.1, -0.05) is 12.1 Å². The molecular formula is C25H29N5O2. The van der Waals surface area contributed by atoms with Crippen molar-refractivity contribution < 1.29 is 9.90 Å². The fourth-order valence-corrected chi connectivity index (χ4v) is 4.69. The zero-order chi connectivity index (χ0) is 22.6. The number of aromatic hydroxyl groups is 1. The van der Waals surface area contributed by atoms with Crippen LogP contribution in [0, 0.1) is 0 Å². The van der Waals surface area contributed by atoms with Crippen molar-refractivity contribution in [3.05, 3.63) is 77.9 Å². The number of hydrogen-bond donors (Lipinski definition) is 1. The van der Waals surface area contributed by atoms with Crippen LogP contribution in [0.2, 0.25) is 0 Å². The monoisotopic (exact) mass is 431 g/mol. The molecule has 0 bridgehead atoms. The maximum Gasteiger partial charge on any atom is 0.255 e. The molecule has 0 radical (unpaired) electrons. The van der Waals surface area contributed by atoms with Crippen molar-refractivity contribution in [2.24, 2.45) is 0 Å². The van der Waals surface area contributed by atoms with E-state index in [1.54, 1.807) is 36.8 Å². The number of pyridine rings is 1. The molecular weight excluding hydrogens is 402 g/mol. The van der Waals surface area contributed by atoms with Crippen molar-refractivity contribution in [2.75, 3.05) is 31.1 Å². The number of carbonyl (C=O) groups is 1. The van der Waals surface area contributed by atoms with Crippen LogP contribution in [0.15, 0.2) is 61.1 Å². The molecule has 3 aromatic rings. The quantitative estimate of drug-likeness (QED) is 0.642. The average Bonchev–Trinajstić information content (AvgIpc) is 2.85. The molecule has 1 unspecified atom stereocenters. The zero-order valence-electron chi connectivity index (χ0n) is 18.6. The highest BCUT2D eigenvalue weighted by Crippen LogP contribution is 2.42. The van der Waals surface area contributed by atoms with Crippen molar-refractivity contribution in [3.8, 4) is 5.75 Å². The molecule has 1 aromatic carbocycles. The van der Waals surface area contributed by atoms with E-state index >= 15 is 0 Å². The highest BCUT2D eigenvalue weighted by atomic mass is 16.3. The van der Waals surface area contributed by atoms with Crippen LogP contribution in [0.4, 0.5) is 5.95 Å². The number of rotatable bonds is 6. The van der Waals surface area contributed by atoms with Gasteiger partial charge in [-0.05, 0) is 62.6 Å². The van der Waals surface area contributed by atoms with Crippen molar-refractivity contribution in [2.45, 2.75) is 32.1 Å². The SMILES string of the molecule is CCN(CC)C(=O)c1cccnc1C1(c2cccc(O)c2)CCCN(c2ncccn2)C1. The number of carbonyl (C=O) groups excluding carboxylic acids is 1. The van der Waals surface area contributed by atoms with Crippen molar-refractivity contribution in [1.82, 2.24) is 19.9 Å². The number of amides is 1. The average molecular weight is 432 g/mol. The first kappa shape index (κ1) is 21.7. The number of nitrogens with zero attached hydrogens (tertiary/aromatic N) is 5. The summed E-state index contributed by atoms with van der Waals surface area (Å²) >= 11 is 0. The van der Waals surface area contributed by atoms with Crippen molar-refractivity contribution >= 4 is 11.9 Å². The summed E-state index contributed by atoms with van der Waals surface area (Å²) in [5, 5.41) is 10.3. The Morgan fingerprint density at radius 2 is 1.81 bits per heavy atom. The van der Waals surface area contributed by atoms with Gasteiger partial charge >= 0.3 is 0 Å². The largest absolute Gasteiger partial charge is 0.508 e. The normalized spacial score (nSPS) is 18.4. The van der Waals surface area contributed by atoms with Crippen LogP contribution < -0.4 is 4.90 Å². The number of hydrogen-bond acceptors (Lipinski definition) is 6. The van der Waals surface area contributed by atoms with Gasteiger partial charge in [0.25, 0.3) is 5.91 Å². The Hall–Kier alpha value is -3.48. The van der Waals surface area contributed by atoms with E-state index in [0.29, 0.717) is 31.1 Å². The molecule has 7 nitrogen and oxygen atoms in total. The third-order valence-corrected chi connectivity index (χ3v) is 6.27. The van der Waals surface area contributed by atoms with Crippen LogP contribution in [-0.2, 0) is 5.41 Å².